The van der Waals surface area contributed by atoms with Gasteiger partial charge in [-0.05, 0) is 74.1 Å². The fourth-order valence-corrected chi connectivity index (χ4v) is 5.78. The standard InChI is InChI=1S/C33H40N4O3/c1-21(2)31-27-18-26(12-13-29(27)34-32(31)28-19-35(5)33(39)23(4)22(28)3)40-25-14-16-37(17-15-25)20-30(38)36(6)24-10-8-7-9-11-24/h7-13,18-19,21,25,34H,14-17,20H2,1-6H3. The number of hydrogen-bond acceptors (Lipinski definition) is 4. The van der Waals surface area contributed by atoms with E-state index in [0.717, 1.165) is 70.7 Å². The van der Waals surface area contributed by atoms with Gasteiger partial charge in [-0.1, -0.05) is 32.0 Å². The molecule has 1 aliphatic heterocycles. The number of H-pyrrole nitrogens is 1. The molecule has 1 N–H and O–H groups in total. The molecule has 0 bridgehead atoms. The molecule has 0 atom stereocenters. The summed E-state index contributed by atoms with van der Waals surface area (Å²) in [7, 11) is 3.65. The lowest BCUT2D eigenvalue weighted by Crippen LogP contribution is -2.44. The van der Waals surface area contributed by atoms with Crippen LogP contribution in [-0.2, 0) is 11.8 Å². The molecule has 5 rings (SSSR count). The number of pyridine rings is 1. The number of rotatable bonds is 7. The second kappa shape index (κ2) is 11.3. The highest BCUT2D eigenvalue weighted by Gasteiger charge is 2.25. The average molecular weight is 541 g/mol. The number of carbonyl (C=O) groups is 1. The zero-order chi connectivity index (χ0) is 28.6. The largest absolute Gasteiger partial charge is 0.490 e. The molecule has 7 nitrogen and oxygen atoms in total. The number of nitrogens with one attached hydrogen (secondary N) is 1. The molecule has 3 heterocycles. The molecule has 1 saturated heterocycles. The molecule has 40 heavy (non-hydrogen) atoms. The molecule has 1 amide bonds. The van der Waals surface area contributed by atoms with Crippen LogP contribution in [0.2, 0.25) is 0 Å². The molecule has 1 fully saturated rings. The number of para-hydroxylation sites is 1. The summed E-state index contributed by atoms with van der Waals surface area (Å²) in [6.07, 6.45) is 3.82. The van der Waals surface area contributed by atoms with Crippen LogP contribution in [-0.4, -0.2) is 53.1 Å². The van der Waals surface area contributed by atoms with Crippen LogP contribution in [0.25, 0.3) is 22.2 Å². The van der Waals surface area contributed by atoms with E-state index < -0.39 is 0 Å². The van der Waals surface area contributed by atoms with Gasteiger partial charge >= 0.3 is 0 Å². The highest BCUT2D eigenvalue weighted by atomic mass is 16.5. The van der Waals surface area contributed by atoms with Crippen molar-refractivity contribution in [3.05, 3.63) is 81.8 Å². The summed E-state index contributed by atoms with van der Waals surface area (Å²) in [5.74, 6) is 1.25. The molecule has 0 radical (unpaired) electrons. The fourth-order valence-electron chi connectivity index (χ4n) is 5.78. The summed E-state index contributed by atoms with van der Waals surface area (Å²) in [6.45, 7) is 10.4. The van der Waals surface area contributed by atoms with E-state index in [2.05, 4.69) is 35.9 Å². The minimum atomic E-state index is 0.0396. The minimum Gasteiger partial charge on any atom is -0.490 e. The van der Waals surface area contributed by atoms with Gasteiger partial charge in [-0.3, -0.25) is 14.5 Å². The van der Waals surface area contributed by atoms with Crippen LogP contribution in [0.5, 0.6) is 5.75 Å². The molecule has 0 saturated carbocycles. The van der Waals surface area contributed by atoms with Gasteiger partial charge in [0, 0.05) is 61.1 Å². The first-order valence-corrected chi connectivity index (χ1v) is 14.2. The van der Waals surface area contributed by atoms with Crippen molar-refractivity contribution in [3.8, 4) is 17.0 Å². The number of ether oxygens (including phenoxy) is 1. The quantitative estimate of drug-likeness (QED) is 0.323. The molecule has 0 aliphatic carbocycles. The lowest BCUT2D eigenvalue weighted by atomic mass is 9.94. The van der Waals surface area contributed by atoms with Gasteiger partial charge in [-0.25, -0.2) is 0 Å². The number of carbonyl (C=O) groups excluding carboxylic acids is 1. The zero-order valence-electron chi connectivity index (χ0n) is 24.5. The predicted octanol–water partition coefficient (Wildman–Crippen LogP) is 5.78. The Bertz CT molecular complexity index is 1580. The number of amides is 1. The normalized spacial score (nSPS) is 14.7. The number of likely N-dealkylation sites (N-methyl/N-ethyl adjacent to an activating group) is 1. The van der Waals surface area contributed by atoms with E-state index >= 15 is 0 Å². The number of aryl methyl sites for hydroxylation is 1. The van der Waals surface area contributed by atoms with E-state index in [-0.39, 0.29) is 23.5 Å². The second-order valence-corrected chi connectivity index (χ2v) is 11.4. The van der Waals surface area contributed by atoms with Gasteiger partial charge in [0.15, 0.2) is 0 Å². The van der Waals surface area contributed by atoms with Crippen LogP contribution < -0.4 is 15.2 Å². The number of aromatic nitrogens is 2. The summed E-state index contributed by atoms with van der Waals surface area (Å²) in [6, 6.07) is 16.1. The first-order valence-electron chi connectivity index (χ1n) is 14.2. The number of benzene rings is 2. The Morgan fingerprint density at radius 1 is 1.07 bits per heavy atom. The van der Waals surface area contributed by atoms with E-state index in [4.69, 9.17) is 4.74 Å². The maximum Gasteiger partial charge on any atom is 0.253 e. The molecule has 7 heteroatoms. The Morgan fingerprint density at radius 2 is 1.77 bits per heavy atom. The van der Waals surface area contributed by atoms with Gasteiger partial charge in [-0.15, -0.1) is 0 Å². The highest BCUT2D eigenvalue weighted by molar-refractivity contribution is 5.94. The SMILES string of the molecule is Cc1c(-c2[nH]c3ccc(OC4CCN(CC(=O)N(C)c5ccccc5)CC4)cc3c2C(C)C)cn(C)c(=O)c1C. The molecule has 210 valence electrons. The third kappa shape index (κ3) is 5.43. The van der Waals surface area contributed by atoms with Gasteiger partial charge in [0.05, 0.1) is 12.2 Å². The van der Waals surface area contributed by atoms with Gasteiger partial charge < -0.3 is 19.2 Å². The predicted molar refractivity (Wildman–Crippen MR) is 162 cm³/mol. The van der Waals surface area contributed by atoms with Crippen molar-refractivity contribution in [3.63, 3.8) is 0 Å². The number of likely N-dealkylation sites (tertiary alicyclic amines) is 1. The molecular formula is C33H40N4O3. The summed E-state index contributed by atoms with van der Waals surface area (Å²) >= 11 is 0. The lowest BCUT2D eigenvalue weighted by Gasteiger charge is -2.32. The van der Waals surface area contributed by atoms with Crippen LogP contribution in [0.3, 0.4) is 0 Å². The van der Waals surface area contributed by atoms with Crippen molar-refractivity contribution in [2.45, 2.75) is 52.6 Å². The number of nitrogens with zero attached hydrogens (tertiary/aromatic N) is 3. The van der Waals surface area contributed by atoms with Crippen LogP contribution >= 0.6 is 0 Å². The Balaban J connectivity index is 1.30. The Kier molecular flexibility index (Phi) is 7.86. The molecular weight excluding hydrogens is 500 g/mol. The van der Waals surface area contributed by atoms with Crippen LogP contribution in [0.4, 0.5) is 5.69 Å². The van der Waals surface area contributed by atoms with E-state index in [0.29, 0.717) is 6.54 Å². The Hall–Kier alpha value is -3.84. The number of piperidine rings is 1. The molecule has 2 aromatic carbocycles. The highest BCUT2D eigenvalue weighted by Crippen LogP contribution is 2.38. The van der Waals surface area contributed by atoms with Crippen molar-refractivity contribution < 1.29 is 9.53 Å². The topological polar surface area (TPSA) is 70.6 Å². The molecule has 0 spiro atoms. The van der Waals surface area contributed by atoms with Gasteiger partial charge in [0.25, 0.3) is 5.56 Å². The van der Waals surface area contributed by atoms with Crippen molar-refractivity contribution >= 4 is 22.5 Å². The van der Waals surface area contributed by atoms with Crippen LogP contribution in [0, 0.1) is 13.8 Å². The molecule has 2 aromatic heterocycles. The van der Waals surface area contributed by atoms with Gasteiger partial charge in [-0.2, -0.15) is 0 Å². The summed E-state index contributed by atoms with van der Waals surface area (Å²) in [5.41, 5.74) is 7.16. The third-order valence-corrected chi connectivity index (χ3v) is 8.30. The third-order valence-electron chi connectivity index (χ3n) is 8.30. The van der Waals surface area contributed by atoms with Crippen LogP contribution in [0.15, 0.2) is 59.5 Å². The number of fused-ring (bicyclic) bond motifs is 1. The zero-order valence-corrected chi connectivity index (χ0v) is 24.5. The number of anilines is 1. The van der Waals surface area contributed by atoms with E-state index in [1.54, 1.807) is 9.47 Å². The smallest absolute Gasteiger partial charge is 0.253 e. The average Bonchev–Trinajstić information content (AvgIpc) is 3.33. The second-order valence-electron chi connectivity index (χ2n) is 11.4. The molecule has 1 aliphatic rings. The monoisotopic (exact) mass is 540 g/mol. The lowest BCUT2D eigenvalue weighted by molar-refractivity contribution is -0.119. The van der Waals surface area contributed by atoms with Crippen LogP contribution in [0.1, 0.15) is 49.3 Å². The first kappa shape index (κ1) is 27.7. The van der Waals surface area contributed by atoms with E-state index in [1.807, 2.05) is 70.5 Å². The Morgan fingerprint density at radius 3 is 2.45 bits per heavy atom. The van der Waals surface area contributed by atoms with E-state index in [1.165, 1.54) is 5.56 Å². The summed E-state index contributed by atoms with van der Waals surface area (Å²) in [5, 5.41) is 1.15. The van der Waals surface area contributed by atoms with E-state index in [9.17, 15) is 9.59 Å². The molecule has 0 unspecified atom stereocenters. The van der Waals surface area contributed by atoms with Crippen molar-refractivity contribution in [1.82, 2.24) is 14.5 Å². The summed E-state index contributed by atoms with van der Waals surface area (Å²) in [4.78, 5) is 32.9. The first-order chi connectivity index (χ1) is 19.1. The van der Waals surface area contributed by atoms with Crippen molar-refractivity contribution in [2.24, 2.45) is 7.05 Å². The van der Waals surface area contributed by atoms with Crippen molar-refractivity contribution in [2.75, 3.05) is 31.6 Å². The molecule has 4 aromatic rings. The van der Waals surface area contributed by atoms with Gasteiger partial charge in [0.1, 0.15) is 11.9 Å². The minimum absolute atomic E-state index is 0.0396. The number of aromatic amines is 1. The van der Waals surface area contributed by atoms with Crippen molar-refractivity contribution in [1.29, 1.82) is 0 Å². The Labute approximate surface area is 236 Å². The summed E-state index contributed by atoms with van der Waals surface area (Å²) < 4.78 is 8.15. The maximum atomic E-state index is 12.8. The number of hydrogen-bond donors (Lipinski definition) is 1. The maximum absolute atomic E-state index is 12.8. The fraction of sp³-hybridized carbons (Fsp3) is 0.394. The van der Waals surface area contributed by atoms with Gasteiger partial charge in [0.2, 0.25) is 5.91 Å².